The fourth-order valence-corrected chi connectivity index (χ4v) is 3.35. The van der Waals surface area contributed by atoms with Crippen LogP contribution < -0.4 is 5.32 Å². The lowest BCUT2D eigenvalue weighted by Crippen LogP contribution is -2.13. The summed E-state index contributed by atoms with van der Waals surface area (Å²) in [6, 6.07) is 12.8. The second kappa shape index (κ2) is 6.59. The van der Waals surface area contributed by atoms with Crippen molar-refractivity contribution < 1.29 is 9.32 Å². The average molecular weight is 432 g/mol. The number of benzene rings is 1. The molecule has 6 nitrogen and oxygen atoms in total. The summed E-state index contributed by atoms with van der Waals surface area (Å²) in [5.74, 6) is 0.466. The summed E-state index contributed by atoms with van der Waals surface area (Å²) in [6.07, 6.45) is 1.73. The number of halogens is 2. The minimum absolute atomic E-state index is 0.328. The molecular formula is C18H12BrClN4O2. The zero-order valence-electron chi connectivity index (χ0n) is 13.5. The second-order valence-corrected chi connectivity index (χ2v) is 6.82. The first-order valence-electron chi connectivity index (χ1n) is 7.71. The summed E-state index contributed by atoms with van der Waals surface area (Å²) < 4.78 is 7.90. The number of hydrogen-bond acceptors (Lipinski definition) is 4. The summed E-state index contributed by atoms with van der Waals surface area (Å²) in [7, 11) is 0. The third-order valence-corrected chi connectivity index (χ3v) is 4.88. The highest BCUT2D eigenvalue weighted by molar-refractivity contribution is 9.10. The molecule has 0 radical (unpaired) electrons. The van der Waals surface area contributed by atoms with Gasteiger partial charge in [-0.3, -0.25) is 9.20 Å². The van der Waals surface area contributed by atoms with Gasteiger partial charge in [-0.2, -0.15) is 0 Å². The molecule has 3 aromatic heterocycles. The molecule has 0 aliphatic carbocycles. The van der Waals surface area contributed by atoms with Gasteiger partial charge in [0, 0.05) is 5.56 Å². The number of fused-ring (bicyclic) bond motifs is 1. The van der Waals surface area contributed by atoms with Crippen molar-refractivity contribution in [3.63, 3.8) is 0 Å². The number of anilines is 1. The molecule has 1 amide bonds. The van der Waals surface area contributed by atoms with E-state index in [9.17, 15) is 4.79 Å². The fourth-order valence-electron chi connectivity index (χ4n) is 2.69. The summed E-state index contributed by atoms with van der Waals surface area (Å²) in [5.41, 5.74) is 2.07. The van der Waals surface area contributed by atoms with E-state index in [1.807, 2.05) is 34.7 Å². The molecule has 4 rings (SSSR count). The van der Waals surface area contributed by atoms with Crippen LogP contribution in [0, 0.1) is 6.92 Å². The fraction of sp³-hybridized carbons (Fsp3) is 0.0556. The van der Waals surface area contributed by atoms with E-state index >= 15 is 0 Å². The Morgan fingerprint density at radius 3 is 2.81 bits per heavy atom. The Morgan fingerprint density at radius 1 is 1.23 bits per heavy atom. The minimum atomic E-state index is -0.363. The maximum atomic E-state index is 12.8. The molecule has 0 atom stereocenters. The lowest BCUT2D eigenvalue weighted by Gasteiger charge is -2.04. The molecule has 1 aromatic carbocycles. The van der Waals surface area contributed by atoms with Gasteiger partial charge >= 0.3 is 0 Å². The number of nitrogens with zero attached hydrogens (tertiary/aromatic N) is 3. The van der Waals surface area contributed by atoms with Gasteiger partial charge in [0.25, 0.3) is 5.91 Å². The van der Waals surface area contributed by atoms with Gasteiger partial charge in [-0.1, -0.05) is 41.0 Å². The third kappa shape index (κ3) is 2.89. The Kier molecular flexibility index (Phi) is 4.26. The van der Waals surface area contributed by atoms with Crippen LogP contribution in [0.5, 0.6) is 0 Å². The van der Waals surface area contributed by atoms with Gasteiger partial charge in [0.15, 0.2) is 5.82 Å². The van der Waals surface area contributed by atoms with Crippen molar-refractivity contribution in [1.29, 1.82) is 0 Å². The molecule has 0 saturated heterocycles. The molecule has 0 fully saturated rings. The largest absolute Gasteiger partial charge is 0.360 e. The average Bonchev–Trinajstić information content (AvgIpc) is 3.19. The maximum absolute atomic E-state index is 12.8. The van der Waals surface area contributed by atoms with Crippen molar-refractivity contribution >= 4 is 44.9 Å². The topological polar surface area (TPSA) is 72.4 Å². The number of pyridine rings is 1. The molecule has 0 aliphatic heterocycles. The molecule has 130 valence electrons. The number of aryl methyl sites for hydroxylation is 1. The van der Waals surface area contributed by atoms with Crippen LogP contribution >= 0.6 is 27.5 Å². The first kappa shape index (κ1) is 16.8. The molecule has 1 N–H and O–H groups in total. The van der Waals surface area contributed by atoms with Crippen molar-refractivity contribution in [2.24, 2.45) is 0 Å². The third-order valence-electron chi connectivity index (χ3n) is 3.90. The molecule has 26 heavy (non-hydrogen) atoms. The molecule has 4 aromatic rings. The van der Waals surface area contributed by atoms with Crippen LogP contribution in [-0.2, 0) is 0 Å². The second-order valence-electron chi connectivity index (χ2n) is 5.60. The highest BCUT2D eigenvalue weighted by atomic mass is 79.9. The van der Waals surface area contributed by atoms with Crippen molar-refractivity contribution in [1.82, 2.24) is 14.5 Å². The zero-order valence-corrected chi connectivity index (χ0v) is 15.9. The lowest BCUT2D eigenvalue weighted by molar-refractivity contribution is 0.102. The minimum Gasteiger partial charge on any atom is -0.360 e. The standard InChI is InChI=1S/C18H12BrClN4O2/c1-10-16(17(23-26-10)11-5-2-3-6-12(11)20)18(25)22-14-9-24-13(19)7-4-8-15(24)21-14/h2-9H,1H3,(H,22,25). The summed E-state index contributed by atoms with van der Waals surface area (Å²) >= 11 is 9.69. The first-order valence-corrected chi connectivity index (χ1v) is 8.88. The van der Waals surface area contributed by atoms with Gasteiger partial charge in [-0.05, 0) is 41.1 Å². The summed E-state index contributed by atoms with van der Waals surface area (Å²) in [5, 5.41) is 7.30. The van der Waals surface area contributed by atoms with Gasteiger partial charge in [0.05, 0.1) is 15.8 Å². The Morgan fingerprint density at radius 2 is 2.04 bits per heavy atom. The molecule has 8 heteroatoms. The van der Waals surface area contributed by atoms with Crippen LogP contribution in [-0.4, -0.2) is 20.4 Å². The van der Waals surface area contributed by atoms with E-state index < -0.39 is 0 Å². The normalized spacial score (nSPS) is 11.0. The Bertz CT molecular complexity index is 1140. The van der Waals surface area contributed by atoms with Gasteiger partial charge in [-0.25, -0.2) is 4.98 Å². The van der Waals surface area contributed by atoms with E-state index in [0.717, 1.165) is 4.60 Å². The van der Waals surface area contributed by atoms with Crippen molar-refractivity contribution in [2.75, 3.05) is 5.32 Å². The molecule has 3 heterocycles. The molecule has 0 bridgehead atoms. The Hall–Kier alpha value is -2.64. The van der Waals surface area contributed by atoms with E-state index in [4.69, 9.17) is 16.1 Å². The highest BCUT2D eigenvalue weighted by Crippen LogP contribution is 2.31. The number of aromatic nitrogens is 3. The van der Waals surface area contributed by atoms with Gasteiger partial charge in [0.2, 0.25) is 0 Å². The van der Waals surface area contributed by atoms with E-state index in [2.05, 4.69) is 31.4 Å². The number of rotatable bonds is 3. The number of carbonyl (C=O) groups is 1. The van der Waals surface area contributed by atoms with E-state index in [0.29, 0.717) is 39.1 Å². The number of nitrogens with one attached hydrogen (secondary N) is 1. The van der Waals surface area contributed by atoms with Crippen molar-refractivity contribution in [3.05, 3.63) is 69.6 Å². The maximum Gasteiger partial charge on any atom is 0.262 e. The quantitative estimate of drug-likeness (QED) is 0.465. The Balaban J connectivity index is 1.71. The number of imidazole rings is 1. The molecule has 0 aliphatic rings. The number of carbonyl (C=O) groups excluding carboxylic acids is 1. The zero-order chi connectivity index (χ0) is 18.3. The van der Waals surface area contributed by atoms with Crippen LogP contribution in [0.1, 0.15) is 16.1 Å². The molecule has 0 saturated carbocycles. The SMILES string of the molecule is Cc1onc(-c2ccccc2Cl)c1C(=O)Nc1cn2c(Br)cccc2n1. The van der Waals surface area contributed by atoms with E-state index in [1.165, 1.54) is 0 Å². The van der Waals surface area contributed by atoms with Crippen LogP contribution in [0.3, 0.4) is 0 Å². The van der Waals surface area contributed by atoms with Crippen LogP contribution in [0.25, 0.3) is 16.9 Å². The number of amides is 1. The predicted molar refractivity (Wildman–Crippen MR) is 103 cm³/mol. The monoisotopic (exact) mass is 430 g/mol. The van der Waals surface area contributed by atoms with Crippen molar-refractivity contribution in [3.8, 4) is 11.3 Å². The first-order chi connectivity index (χ1) is 12.5. The van der Waals surface area contributed by atoms with Gasteiger partial charge in [0.1, 0.15) is 22.7 Å². The predicted octanol–water partition coefficient (Wildman–Crippen LogP) is 4.97. The van der Waals surface area contributed by atoms with E-state index in [1.54, 1.807) is 25.3 Å². The molecule has 0 spiro atoms. The van der Waals surface area contributed by atoms with E-state index in [-0.39, 0.29) is 5.91 Å². The molecular weight excluding hydrogens is 420 g/mol. The Labute approximate surface area is 161 Å². The van der Waals surface area contributed by atoms with Crippen LogP contribution in [0.4, 0.5) is 5.82 Å². The van der Waals surface area contributed by atoms with Crippen LogP contribution in [0.2, 0.25) is 5.02 Å². The highest BCUT2D eigenvalue weighted by Gasteiger charge is 2.23. The summed E-state index contributed by atoms with van der Waals surface area (Å²) in [4.78, 5) is 17.2. The van der Waals surface area contributed by atoms with Crippen molar-refractivity contribution in [2.45, 2.75) is 6.92 Å². The lowest BCUT2D eigenvalue weighted by atomic mass is 10.1. The van der Waals surface area contributed by atoms with Gasteiger partial charge in [-0.15, -0.1) is 0 Å². The van der Waals surface area contributed by atoms with Gasteiger partial charge < -0.3 is 9.84 Å². The van der Waals surface area contributed by atoms with Crippen LogP contribution in [0.15, 0.2) is 57.8 Å². The molecule has 0 unspecified atom stereocenters. The number of hydrogen-bond donors (Lipinski definition) is 1. The smallest absolute Gasteiger partial charge is 0.262 e. The summed E-state index contributed by atoms with van der Waals surface area (Å²) in [6.45, 7) is 1.68.